The SMILES string of the molecule is C=CNC(=O)c1ccc([S][Sb]([S]c2ccc(C(=O)NC=C)cc2)[S]c2ccc(C(=O)NC=C)cc2)cc1. The van der Waals surface area contributed by atoms with Crippen molar-refractivity contribution in [2.75, 3.05) is 0 Å². The van der Waals surface area contributed by atoms with E-state index in [4.69, 9.17) is 0 Å². The summed E-state index contributed by atoms with van der Waals surface area (Å²) in [5, 5.41) is 7.75. The van der Waals surface area contributed by atoms with Gasteiger partial charge in [0.15, 0.2) is 0 Å². The van der Waals surface area contributed by atoms with E-state index in [-0.39, 0.29) is 17.7 Å². The topological polar surface area (TPSA) is 87.3 Å². The Morgan fingerprint density at radius 3 is 0.973 bits per heavy atom. The number of amides is 3. The average molecular weight is 656 g/mol. The van der Waals surface area contributed by atoms with E-state index in [1.807, 2.05) is 62.9 Å². The van der Waals surface area contributed by atoms with Gasteiger partial charge >= 0.3 is 233 Å². The first-order valence-electron chi connectivity index (χ1n) is 10.8. The first-order chi connectivity index (χ1) is 17.9. The molecule has 3 aromatic carbocycles. The van der Waals surface area contributed by atoms with Crippen LogP contribution in [0.4, 0.5) is 0 Å². The van der Waals surface area contributed by atoms with Gasteiger partial charge in [-0.15, -0.1) is 0 Å². The fourth-order valence-electron chi connectivity index (χ4n) is 2.84. The Morgan fingerprint density at radius 2 is 0.757 bits per heavy atom. The minimum absolute atomic E-state index is 0.200. The number of carbonyl (C=O) groups is 3. The van der Waals surface area contributed by atoms with E-state index in [2.05, 4.69) is 35.7 Å². The van der Waals surface area contributed by atoms with Crippen molar-refractivity contribution in [3.05, 3.63) is 128 Å². The molecule has 3 rings (SSSR count). The van der Waals surface area contributed by atoms with Gasteiger partial charge in [0.1, 0.15) is 0 Å². The zero-order chi connectivity index (χ0) is 26.6. The molecular weight excluding hydrogens is 632 g/mol. The Bertz CT molecular complexity index is 1120. The van der Waals surface area contributed by atoms with E-state index < -0.39 is 16.0 Å². The molecule has 10 heteroatoms. The zero-order valence-corrected chi connectivity index (χ0v) is 24.7. The standard InChI is InChI=1S/3C9H9NOS.Sb/c3*1-2-10-9(11)7-3-5-8(12)6-4-7;/h3*2-6,12H,1H2,(H,10,11);/q;;;+3/p-3. The van der Waals surface area contributed by atoms with E-state index in [1.165, 1.54) is 18.6 Å². The van der Waals surface area contributed by atoms with Crippen molar-refractivity contribution in [2.24, 2.45) is 0 Å². The second-order valence-corrected chi connectivity index (χ2v) is 27.0. The molecule has 3 aromatic rings. The fraction of sp³-hybridized carbons (Fsp3) is 0. The van der Waals surface area contributed by atoms with Gasteiger partial charge in [0, 0.05) is 0 Å². The van der Waals surface area contributed by atoms with Gasteiger partial charge in [-0.25, -0.2) is 0 Å². The summed E-state index contributed by atoms with van der Waals surface area (Å²) in [6.45, 7) is 10.6. The predicted octanol–water partition coefficient (Wildman–Crippen LogP) is 5.97. The molecule has 0 unspecified atom stereocenters. The molecule has 3 amide bonds. The molecule has 0 heterocycles. The Morgan fingerprint density at radius 1 is 0.514 bits per heavy atom. The molecule has 37 heavy (non-hydrogen) atoms. The van der Waals surface area contributed by atoms with Crippen molar-refractivity contribution in [1.82, 2.24) is 16.0 Å². The molecule has 0 spiro atoms. The molecule has 3 N–H and O–H groups in total. The minimum atomic E-state index is -2.21. The van der Waals surface area contributed by atoms with Crippen LogP contribution in [0, 0.1) is 0 Å². The van der Waals surface area contributed by atoms with Crippen molar-refractivity contribution in [3.63, 3.8) is 0 Å². The third-order valence-electron chi connectivity index (χ3n) is 4.59. The molecular formula is C27H24N3O3S3Sb. The number of hydrogen-bond donors (Lipinski definition) is 3. The molecule has 0 fully saturated rings. The molecule has 0 aromatic heterocycles. The van der Waals surface area contributed by atoms with E-state index in [9.17, 15) is 14.4 Å². The van der Waals surface area contributed by atoms with Gasteiger partial charge in [0.25, 0.3) is 0 Å². The number of hydrogen-bond acceptors (Lipinski definition) is 6. The first-order valence-corrected chi connectivity index (χ1v) is 22.5. The van der Waals surface area contributed by atoms with Gasteiger partial charge in [0.2, 0.25) is 0 Å². The Balaban J connectivity index is 1.79. The predicted molar refractivity (Wildman–Crippen MR) is 156 cm³/mol. The molecule has 188 valence electrons. The summed E-state index contributed by atoms with van der Waals surface area (Å²) in [6.07, 6.45) is 4.09. The summed E-state index contributed by atoms with van der Waals surface area (Å²) in [7, 11) is 5.47. The van der Waals surface area contributed by atoms with E-state index in [0.29, 0.717) is 16.7 Å². The van der Waals surface area contributed by atoms with Gasteiger partial charge in [-0.05, 0) is 0 Å². The van der Waals surface area contributed by atoms with Crippen LogP contribution >= 0.6 is 26.5 Å². The van der Waals surface area contributed by atoms with E-state index in [1.54, 1.807) is 36.4 Å². The van der Waals surface area contributed by atoms with Crippen molar-refractivity contribution >= 4 is 60.3 Å². The second-order valence-electron chi connectivity index (χ2n) is 7.10. The summed E-state index contributed by atoms with van der Waals surface area (Å²) in [5.74, 6) is -0.600. The summed E-state index contributed by atoms with van der Waals surface area (Å²) in [6, 6.07) is 22.5. The van der Waals surface area contributed by atoms with Gasteiger partial charge in [-0.3, -0.25) is 0 Å². The van der Waals surface area contributed by atoms with Gasteiger partial charge < -0.3 is 0 Å². The van der Waals surface area contributed by atoms with Crippen LogP contribution < -0.4 is 16.0 Å². The van der Waals surface area contributed by atoms with Crippen molar-refractivity contribution in [1.29, 1.82) is 0 Å². The summed E-state index contributed by atoms with van der Waals surface area (Å²) in [5.41, 5.74) is 1.69. The Kier molecular flexibility index (Phi) is 11.5. The Hall–Kier alpha value is -2.84. The van der Waals surface area contributed by atoms with Gasteiger partial charge in [-0.2, -0.15) is 0 Å². The van der Waals surface area contributed by atoms with Crippen LogP contribution in [0.25, 0.3) is 0 Å². The van der Waals surface area contributed by atoms with Crippen LogP contribution in [0.2, 0.25) is 0 Å². The summed E-state index contributed by atoms with van der Waals surface area (Å²) in [4.78, 5) is 39.3. The Labute approximate surface area is 231 Å². The van der Waals surface area contributed by atoms with Crippen molar-refractivity contribution < 1.29 is 14.4 Å². The van der Waals surface area contributed by atoms with Crippen LogP contribution in [-0.2, 0) is 0 Å². The molecule has 0 aliphatic heterocycles. The van der Waals surface area contributed by atoms with Crippen LogP contribution in [0.5, 0.6) is 0 Å². The molecule has 0 saturated carbocycles. The second kappa shape index (κ2) is 14.8. The quantitative estimate of drug-likeness (QED) is 0.209. The monoisotopic (exact) mass is 655 g/mol. The van der Waals surface area contributed by atoms with E-state index >= 15 is 0 Å². The summed E-state index contributed by atoms with van der Waals surface area (Å²) >= 11 is -2.21. The number of rotatable bonds is 12. The third kappa shape index (κ3) is 8.89. The van der Waals surface area contributed by atoms with Gasteiger partial charge in [0.05, 0.1) is 0 Å². The zero-order valence-electron chi connectivity index (χ0n) is 19.7. The molecule has 0 saturated heterocycles. The maximum atomic E-state index is 12.0. The van der Waals surface area contributed by atoms with Crippen LogP contribution in [0.1, 0.15) is 31.1 Å². The van der Waals surface area contributed by atoms with Gasteiger partial charge in [-0.1, -0.05) is 0 Å². The first kappa shape index (κ1) is 28.7. The number of carbonyl (C=O) groups excluding carboxylic acids is 3. The van der Waals surface area contributed by atoms with E-state index in [0.717, 1.165) is 14.7 Å². The van der Waals surface area contributed by atoms with Crippen LogP contribution in [0.3, 0.4) is 0 Å². The average Bonchev–Trinajstić information content (AvgIpc) is 2.90. The maximum absolute atomic E-state index is 12.0. The van der Waals surface area contributed by atoms with Crippen LogP contribution in [0.15, 0.2) is 126 Å². The molecule has 0 bridgehead atoms. The normalized spacial score (nSPS) is 10.3. The van der Waals surface area contributed by atoms with Crippen LogP contribution in [-0.4, -0.2) is 33.7 Å². The number of nitrogens with one attached hydrogen (secondary N) is 3. The third-order valence-corrected chi connectivity index (χ3v) is 24.7. The fourth-order valence-corrected chi connectivity index (χ4v) is 25.4. The summed E-state index contributed by atoms with van der Waals surface area (Å²) < 4.78 is 0. The molecule has 0 aliphatic carbocycles. The molecule has 0 radical (unpaired) electrons. The molecule has 0 aliphatic rings. The molecule has 0 atom stereocenters. The molecule has 6 nitrogen and oxygen atoms in total. The van der Waals surface area contributed by atoms with Crippen molar-refractivity contribution in [2.45, 2.75) is 14.7 Å². The van der Waals surface area contributed by atoms with Crippen molar-refractivity contribution in [3.8, 4) is 0 Å². The number of benzene rings is 3.